The maximum atomic E-state index is 11.5. The molecule has 1 unspecified atom stereocenters. The molecule has 4 nitrogen and oxygen atoms in total. The first-order valence-electron chi connectivity index (χ1n) is 4.81. The zero-order valence-corrected chi connectivity index (χ0v) is 8.90. The minimum atomic E-state index is -0.528. The van der Waals surface area contributed by atoms with Crippen molar-refractivity contribution in [2.45, 2.75) is 20.1 Å². The summed E-state index contributed by atoms with van der Waals surface area (Å²) in [6.45, 7) is 4.03. The lowest BCUT2D eigenvalue weighted by atomic mass is 10.2. The van der Waals surface area contributed by atoms with E-state index in [0.717, 1.165) is 0 Å². The predicted octanol–water partition coefficient (Wildman–Crippen LogP) is 1.81. The molecule has 0 aliphatic rings. The first-order chi connectivity index (χ1) is 7.13. The summed E-state index contributed by atoms with van der Waals surface area (Å²) in [6.07, 6.45) is -0.528. The summed E-state index contributed by atoms with van der Waals surface area (Å²) in [5.41, 5.74) is 6.58. The molecule has 0 spiro atoms. The normalized spacial score (nSPS) is 12.1. The summed E-state index contributed by atoms with van der Waals surface area (Å²) in [7, 11) is 0. The maximum absolute atomic E-state index is 11.5. The molecule has 0 radical (unpaired) electrons. The van der Waals surface area contributed by atoms with Gasteiger partial charge in [0.05, 0.1) is 5.56 Å². The number of carbonyl (C=O) groups is 1. The van der Waals surface area contributed by atoms with Gasteiger partial charge >= 0.3 is 5.97 Å². The third-order valence-electron chi connectivity index (χ3n) is 1.82. The van der Waals surface area contributed by atoms with Gasteiger partial charge in [-0.15, -0.1) is 0 Å². The van der Waals surface area contributed by atoms with Gasteiger partial charge in [-0.3, -0.25) is 0 Å². The maximum Gasteiger partial charge on any atom is 0.340 e. The molecule has 0 aliphatic carbocycles. The van der Waals surface area contributed by atoms with Gasteiger partial charge in [-0.2, -0.15) is 0 Å². The SMILES string of the molecule is CCOC(C)OC(=O)c1ccc(N)cc1. The molecule has 82 valence electrons. The van der Waals surface area contributed by atoms with Crippen molar-refractivity contribution >= 4 is 11.7 Å². The van der Waals surface area contributed by atoms with E-state index in [1.54, 1.807) is 31.2 Å². The monoisotopic (exact) mass is 209 g/mol. The lowest BCUT2D eigenvalue weighted by Gasteiger charge is -2.12. The molecule has 1 atom stereocenters. The van der Waals surface area contributed by atoms with Crippen LogP contribution in [0.25, 0.3) is 0 Å². The second kappa shape index (κ2) is 5.36. The molecule has 1 aromatic carbocycles. The van der Waals surface area contributed by atoms with Gasteiger partial charge in [-0.05, 0) is 38.1 Å². The van der Waals surface area contributed by atoms with Crippen LogP contribution in [0.2, 0.25) is 0 Å². The minimum Gasteiger partial charge on any atom is -0.432 e. The van der Waals surface area contributed by atoms with E-state index in [4.69, 9.17) is 15.2 Å². The van der Waals surface area contributed by atoms with Crippen molar-refractivity contribution in [2.75, 3.05) is 12.3 Å². The van der Waals surface area contributed by atoms with Crippen molar-refractivity contribution in [2.24, 2.45) is 0 Å². The second-order valence-corrected chi connectivity index (χ2v) is 3.05. The molecule has 0 bridgehead atoms. The van der Waals surface area contributed by atoms with E-state index >= 15 is 0 Å². The Bertz CT molecular complexity index is 321. The van der Waals surface area contributed by atoms with Crippen LogP contribution in [0.3, 0.4) is 0 Å². The van der Waals surface area contributed by atoms with E-state index in [2.05, 4.69) is 0 Å². The highest BCUT2D eigenvalue weighted by atomic mass is 16.7. The molecule has 1 rings (SSSR count). The summed E-state index contributed by atoms with van der Waals surface area (Å²) in [4.78, 5) is 11.5. The number of nitrogens with two attached hydrogens (primary N) is 1. The molecular formula is C11H15NO3. The average molecular weight is 209 g/mol. The minimum absolute atomic E-state index is 0.407. The summed E-state index contributed by atoms with van der Waals surface area (Å²) in [5, 5.41) is 0. The number of esters is 1. The van der Waals surface area contributed by atoms with Crippen molar-refractivity contribution in [1.82, 2.24) is 0 Å². The van der Waals surface area contributed by atoms with Crippen molar-refractivity contribution < 1.29 is 14.3 Å². The number of rotatable bonds is 4. The van der Waals surface area contributed by atoms with Gasteiger partial charge < -0.3 is 15.2 Å². The van der Waals surface area contributed by atoms with Crippen LogP contribution in [-0.4, -0.2) is 18.9 Å². The Morgan fingerprint density at radius 1 is 1.40 bits per heavy atom. The van der Waals surface area contributed by atoms with E-state index in [9.17, 15) is 4.79 Å². The molecule has 0 saturated carbocycles. The van der Waals surface area contributed by atoms with Crippen LogP contribution in [0.15, 0.2) is 24.3 Å². The van der Waals surface area contributed by atoms with Gasteiger partial charge in [-0.25, -0.2) is 4.79 Å². The number of ether oxygens (including phenoxy) is 2. The van der Waals surface area contributed by atoms with Crippen molar-refractivity contribution in [3.63, 3.8) is 0 Å². The molecule has 0 saturated heterocycles. The van der Waals surface area contributed by atoms with Crippen LogP contribution in [0.1, 0.15) is 24.2 Å². The largest absolute Gasteiger partial charge is 0.432 e. The Hall–Kier alpha value is -1.55. The van der Waals surface area contributed by atoms with Gasteiger partial charge in [0, 0.05) is 12.3 Å². The van der Waals surface area contributed by atoms with Crippen molar-refractivity contribution in [3.8, 4) is 0 Å². The Kier molecular flexibility index (Phi) is 4.12. The van der Waals surface area contributed by atoms with Crippen LogP contribution in [0.5, 0.6) is 0 Å². The van der Waals surface area contributed by atoms with Crippen molar-refractivity contribution in [1.29, 1.82) is 0 Å². The Morgan fingerprint density at radius 2 is 2.00 bits per heavy atom. The van der Waals surface area contributed by atoms with E-state index in [1.165, 1.54) is 0 Å². The Morgan fingerprint density at radius 3 is 2.53 bits per heavy atom. The Balaban J connectivity index is 2.57. The van der Waals surface area contributed by atoms with Gasteiger partial charge in [0.25, 0.3) is 0 Å². The molecule has 0 aliphatic heterocycles. The average Bonchev–Trinajstić information content (AvgIpc) is 2.18. The summed E-state index contributed by atoms with van der Waals surface area (Å²) in [6, 6.07) is 6.55. The molecule has 4 heteroatoms. The van der Waals surface area contributed by atoms with Crippen LogP contribution in [-0.2, 0) is 9.47 Å². The van der Waals surface area contributed by atoms with Crippen LogP contribution in [0.4, 0.5) is 5.69 Å². The first-order valence-corrected chi connectivity index (χ1v) is 4.81. The van der Waals surface area contributed by atoms with Gasteiger partial charge in [-0.1, -0.05) is 0 Å². The van der Waals surface area contributed by atoms with E-state index < -0.39 is 12.3 Å². The number of hydrogen-bond acceptors (Lipinski definition) is 4. The van der Waals surface area contributed by atoms with E-state index in [-0.39, 0.29) is 0 Å². The third-order valence-corrected chi connectivity index (χ3v) is 1.82. The summed E-state index contributed by atoms with van der Waals surface area (Å²) < 4.78 is 10.1. The molecule has 15 heavy (non-hydrogen) atoms. The fourth-order valence-electron chi connectivity index (χ4n) is 1.11. The highest BCUT2D eigenvalue weighted by Gasteiger charge is 2.10. The highest BCUT2D eigenvalue weighted by molar-refractivity contribution is 5.89. The number of hydrogen-bond donors (Lipinski definition) is 1. The fraction of sp³-hybridized carbons (Fsp3) is 0.364. The lowest BCUT2D eigenvalue weighted by molar-refractivity contribution is -0.0940. The predicted molar refractivity (Wildman–Crippen MR) is 57.4 cm³/mol. The molecule has 0 heterocycles. The number of nitrogen functional groups attached to an aromatic ring is 1. The topological polar surface area (TPSA) is 61.5 Å². The molecule has 1 aromatic rings. The van der Waals surface area contributed by atoms with Crippen molar-refractivity contribution in [3.05, 3.63) is 29.8 Å². The molecule has 0 aromatic heterocycles. The lowest BCUT2D eigenvalue weighted by Crippen LogP contribution is -2.18. The van der Waals surface area contributed by atoms with E-state index in [0.29, 0.717) is 17.9 Å². The second-order valence-electron chi connectivity index (χ2n) is 3.05. The van der Waals surface area contributed by atoms with Crippen LogP contribution >= 0.6 is 0 Å². The number of anilines is 1. The summed E-state index contributed by atoms with van der Waals surface area (Å²) >= 11 is 0. The fourth-order valence-corrected chi connectivity index (χ4v) is 1.11. The number of carbonyl (C=O) groups excluding carboxylic acids is 1. The first kappa shape index (κ1) is 11.5. The standard InChI is InChI=1S/C11H15NO3/c1-3-14-8(2)15-11(13)9-4-6-10(12)7-5-9/h4-8H,3,12H2,1-2H3. The Labute approximate surface area is 89.0 Å². The van der Waals surface area contributed by atoms with Crippen LogP contribution in [0, 0.1) is 0 Å². The van der Waals surface area contributed by atoms with Gasteiger partial charge in [0.2, 0.25) is 0 Å². The third kappa shape index (κ3) is 3.59. The molecule has 2 N–H and O–H groups in total. The quantitative estimate of drug-likeness (QED) is 0.466. The molecule has 0 fully saturated rings. The van der Waals surface area contributed by atoms with Crippen LogP contribution < -0.4 is 5.73 Å². The molecule has 0 amide bonds. The zero-order valence-electron chi connectivity index (χ0n) is 8.90. The summed E-state index contributed by atoms with van der Waals surface area (Å²) in [5.74, 6) is -0.407. The smallest absolute Gasteiger partial charge is 0.340 e. The van der Waals surface area contributed by atoms with Gasteiger partial charge in [0.15, 0.2) is 6.29 Å². The number of benzene rings is 1. The van der Waals surface area contributed by atoms with E-state index in [1.807, 2.05) is 6.92 Å². The molecular weight excluding hydrogens is 194 g/mol. The highest BCUT2D eigenvalue weighted by Crippen LogP contribution is 2.08. The zero-order chi connectivity index (χ0) is 11.3. The van der Waals surface area contributed by atoms with Gasteiger partial charge in [0.1, 0.15) is 0 Å².